The molecule has 5 nitrogen and oxygen atoms in total. The number of benzene rings is 2. The van der Waals surface area contributed by atoms with Crippen molar-refractivity contribution in [3.63, 3.8) is 0 Å². The molecular weight excluding hydrogens is 352 g/mol. The number of carboxylic acids is 1. The molecule has 0 unspecified atom stereocenters. The van der Waals surface area contributed by atoms with Crippen LogP contribution in [-0.4, -0.2) is 34.4 Å². The zero-order valence-corrected chi connectivity index (χ0v) is 14.8. The van der Waals surface area contributed by atoms with Gasteiger partial charge in [-0.15, -0.1) is 0 Å². The molecule has 1 heterocycles. The maximum Gasteiger partial charge on any atom is 0.321 e. The van der Waals surface area contributed by atoms with Gasteiger partial charge >= 0.3 is 5.97 Å². The van der Waals surface area contributed by atoms with E-state index in [0.717, 1.165) is 16.5 Å². The summed E-state index contributed by atoms with van der Waals surface area (Å²) >= 11 is 5.81. The van der Waals surface area contributed by atoms with Gasteiger partial charge in [0.2, 0.25) is 0 Å². The van der Waals surface area contributed by atoms with Crippen molar-refractivity contribution in [2.45, 2.75) is 18.9 Å². The number of fused-ring (bicyclic) bond motifs is 1. The Morgan fingerprint density at radius 1 is 1.12 bits per heavy atom. The maximum atomic E-state index is 12.3. The molecule has 0 spiro atoms. The number of carboxylic acid groups (broad SMARTS) is 1. The van der Waals surface area contributed by atoms with E-state index in [0.29, 0.717) is 23.6 Å². The molecule has 3 N–H and O–H groups in total. The fourth-order valence-corrected chi connectivity index (χ4v) is 3.03. The second kappa shape index (κ2) is 8.17. The first-order valence-electron chi connectivity index (χ1n) is 8.34. The van der Waals surface area contributed by atoms with Crippen molar-refractivity contribution in [2.24, 2.45) is 0 Å². The van der Waals surface area contributed by atoms with Crippen LogP contribution in [0.3, 0.4) is 0 Å². The zero-order valence-electron chi connectivity index (χ0n) is 14.0. The summed E-state index contributed by atoms with van der Waals surface area (Å²) < 4.78 is 0. The van der Waals surface area contributed by atoms with E-state index in [-0.39, 0.29) is 12.2 Å². The molecule has 1 atom stereocenters. The molecule has 0 aliphatic heterocycles. The number of carbonyl (C=O) groups excluding carboxylic acids is 1. The summed E-state index contributed by atoms with van der Waals surface area (Å²) in [7, 11) is 0. The van der Waals surface area contributed by atoms with E-state index in [1.54, 1.807) is 24.3 Å². The highest BCUT2D eigenvalue weighted by molar-refractivity contribution is 6.30. The van der Waals surface area contributed by atoms with Crippen LogP contribution in [-0.2, 0) is 11.2 Å². The molecule has 3 aromatic rings. The average Bonchev–Trinajstić information content (AvgIpc) is 3.04. The predicted molar refractivity (Wildman–Crippen MR) is 102 cm³/mol. The minimum absolute atomic E-state index is 0.106. The third-order valence-electron chi connectivity index (χ3n) is 4.31. The number of halogens is 1. The topological polar surface area (TPSA) is 82.2 Å². The molecule has 0 aliphatic rings. The molecule has 0 radical (unpaired) electrons. The van der Waals surface area contributed by atoms with Crippen LogP contribution in [0.5, 0.6) is 0 Å². The van der Waals surface area contributed by atoms with E-state index < -0.39 is 12.0 Å². The van der Waals surface area contributed by atoms with Crippen molar-refractivity contribution in [1.82, 2.24) is 10.3 Å². The first-order chi connectivity index (χ1) is 12.5. The molecule has 1 aromatic heterocycles. The number of aromatic amines is 1. The summed E-state index contributed by atoms with van der Waals surface area (Å²) in [5.74, 6) is -1.26. The highest BCUT2D eigenvalue weighted by atomic mass is 35.5. The molecule has 6 heteroatoms. The number of aromatic nitrogens is 1. The summed E-state index contributed by atoms with van der Waals surface area (Å²) in [5, 5.41) is 14.0. The van der Waals surface area contributed by atoms with Gasteiger partial charge in [0.15, 0.2) is 5.78 Å². The number of ketones is 1. The van der Waals surface area contributed by atoms with Crippen molar-refractivity contribution in [1.29, 1.82) is 0 Å². The van der Waals surface area contributed by atoms with Crippen LogP contribution in [0.25, 0.3) is 10.9 Å². The van der Waals surface area contributed by atoms with Crippen molar-refractivity contribution < 1.29 is 14.7 Å². The quantitative estimate of drug-likeness (QED) is 0.528. The Morgan fingerprint density at radius 3 is 2.58 bits per heavy atom. The Kier molecular flexibility index (Phi) is 5.71. The minimum Gasteiger partial charge on any atom is -0.480 e. The van der Waals surface area contributed by atoms with Gasteiger partial charge in [0.25, 0.3) is 0 Å². The first-order valence-corrected chi connectivity index (χ1v) is 8.72. The number of rotatable bonds is 8. The Hall–Kier alpha value is -2.63. The smallest absolute Gasteiger partial charge is 0.321 e. The van der Waals surface area contributed by atoms with Gasteiger partial charge in [0, 0.05) is 40.7 Å². The van der Waals surface area contributed by atoms with Crippen LogP contribution >= 0.6 is 11.6 Å². The second-order valence-electron chi connectivity index (χ2n) is 6.09. The summed E-state index contributed by atoms with van der Waals surface area (Å²) in [6.45, 7) is 0.465. The summed E-state index contributed by atoms with van der Waals surface area (Å²) in [4.78, 5) is 27.0. The fraction of sp³-hybridized carbons (Fsp3) is 0.200. The van der Waals surface area contributed by atoms with E-state index in [2.05, 4.69) is 10.3 Å². The normalized spacial score (nSPS) is 12.2. The van der Waals surface area contributed by atoms with Crippen molar-refractivity contribution in [2.75, 3.05) is 6.54 Å². The number of hydrogen-bond donors (Lipinski definition) is 3. The van der Waals surface area contributed by atoms with E-state index in [1.807, 2.05) is 30.5 Å². The summed E-state index contributed by atoms with van der Waals surface area (Å²) in [6, 6.07) is 13.5. The molecular formula is C20H19ClN2O3. The molecule has 0 amide bonds. The lowest BCUT2D eigenvalue weighted by Crippen LogP contribution is -2.39. The molecule has 0 saturated carbocycles. The molecule has 26 heavy (non-hydrogen) atoms. The van der Waals surface area contributed by atoms with Gasteiger partial charge in [0.1, 0.15) is 6.04 Å². The van der Waals surface area contributed by atoms with Gasteiger partial charge in [-0.25, -0.2) is 0 Å². The Bertz CT molecular complexity index is 918. The van der Waals surface area contributed by atoms with Gasteiger partial charge in [-0.3, -0.25) is 9.59 Å². The van der Waals surface area contributed by atoms with Crippen LogP contribution in [0.2, 0.25) is 5.02 Å². The van der Waals surface area contributed by atoms with E-state index in [9.17, 15) is 14.7 Å². The highest BCUT2D eigenvalue weighted by Gasteiger charge is 2.21. The molecule has 0 fully saturated rings. The molecule has 3 rings (SSSR count). The minimum atomic E-state index is -1.04. The Morgan fingerprint density at radius 2 is 1.85 bits per heavy atom. The average molecular weight is 371 g/mol. The maximum absolute atomic E-state index is 12.3. The molecule has 0 saturated heterocycles. The number of hydrogen-bond acceptors (Lipinski definition) is 3. The number of H-pyrrole nitrogens is 1. The van der Waals surface area contributed by atoms with Gasteiger partial charge in [-0.05, 0) is 42.3 Å². The monoisotopic (exact) mass is 370 g/mol. The lowest BCUT2D eigenvalue weighted by molar-refractivity contribution is -0.139. The van der Waals surface area contributed by atoms with Crippen molar-refractivity contribution >= 4 is 34.3 Å². The summed E-state index contributed by atoms with van der Waals surface area (Å²) in [6.07, 6.45) is 2.49. The van der Waals surface area contributed by atoms with Crippen LogP contribution < -0.4 is 5.32 Å². The van der Waals surface area contributed by atoms with E-state index in [4.69, 9.17) is 11.6 Å². The van der Waals surface area contributed by atoms with Crippen LogP contribution in [0.4, 0.5) is 0 Å². The van der Waals surface area contributed by atoms with E-state index >= 15 is 0 Å². The Labute approximate surface area is 156 Å². The van der Waals surface area contributed by atoms with Crippen LogP contribution in [0, 0.1) is 0 Å². The van der Waals surface area contributed by atoms with Crippen molar-refractivity contribution in [3.05, 3.63) is 70.9 Å². The Balaban J connectivity index is 1.59. The molecule has 0 bridgehead atoms. The standard InChI is InChI=1S/C20H19ClN2O3/c21-15-7-5-13(6-8-15)19(24)11-18(20(25)26)22-10-9-14-12-23-17-4-2-1-3-16(14)17/h1-8,12,18,22-23H,9-11H2,(H,25,26)/t18-/m1/s1. The zero-order chi connectivity index (χ0) is 18.5. The van der Waals surface area contributed by atoms with Gasteiger partial charge in [-0.1, -0.05) is 29.8 Å². The van der Waals surface area contributed by atoms with Gasteiger partial charge in [-0.2, -0.15) is 0 Å². The number of aliphatic carboxylic acids is 1. The first kappa shape index (κ1) is 18.2. The third-order valence-corrected chi connectivity index (χ3v) is 4.57. The third kappa shape index (κ3) is 4.31. The van der Waals surface area contributed by atoms with E-state index in [1.165, 1.54) is 0 Å². The van der Waals surface area contributed by atoms with Gasteiger partial charge < -0.3 is 15.4 Å². The number of para-hydroxylation sites is 1. The lowest BCUT2D eigenvalue weighted by Gasteiger charge is -2.13. The lowest BCUT2D eigenvalue weighted by atomic mass is 10.0. The van der Waals surface area contributed by atoms with Gasteiger partial charge in [0.05, 0.1) is 0 Å². The largest absolute Gasteiger partial charge is 0.480 e. The molecule has 134 valence electrons. The number of nitrogens with one attached hydrogen (secondary N) is 2. The molecule has 2 aromatic carbocycles. The number of Topliss-reactive ketones (excluding diaryl/α,β-unsaturated/α-hetero) is 1. The SMILES string of the molecule is O=C(C[C@@H](NCCc1c[nH]c2ccccc12)C(=O)O)c1ccc(Cl)cc1. The van der Waals surface area contributed by atoms with Crippen LogP contribution in [0.1, 0.15) is 22.3 Å². The fourth-order valence-electron chi connectivity index (χ4n) is 2.91. The second-order valence-corrected chi connectivity index (χ2v) is 6.53. The number of carbonyl (C=O) groups is 2. The predicted octanol–water partition coefficient (Wildman–Crippen LogP) is 3.68. The molecule has 0 aliphatic carbocycles. The highest BCUT2D eigenvalue weighted by Crippen LogP contribution is 2.18. The van der Waals surface area contributed by atoms with Crippen LogP contribution in [0.15, 0.2) is 54.7 Å². The summed E-state index contributed by atoms with van der Waals surface area (Å²) in [5.41, 5.74) is 2.62. The van der Waals surface area contributed by atoms with Crippen molar-refractivity contribution in [3.8, 4) is 0 Å².